The number of aromatic nitrogens is 2. The topological polar surface area (TPSA) is 17.8 Å². The number of benzene rings is 8. The Kier molecular flexibility index (Phi) is 6.22. The fourth-order valence-corrected chi connectivity index (χ4v) is 7.83. The van der Waals surface area contributed by atoms with Crippen LogP contribution in [0.3, 0.4) is 0 Å². The second-order valence-corrected chi connectivity index (χ2v) is 12.8. The van der Waals surface area contributed by atoms with Crippen molar-refractivity contribution in [2.75, 3.05) is 0 Å². The van der Waals surface area contributed by atoms with Crippen LogP contribution in [-0.2, 0) is 0 Å². The summed E-state index contributed by atoms with van der Waals surface area (Å²) in [6.07, 6.45) is 3.88. The molecule has 10 aromatic rings. The minimum absolute atomic E-state index is 1.13. The number of hydrogen-bond acceptors (Lipinski definition) is 1. The van der Waals surface area contributed by atoms with Gasteiger partial charge in [0.2, 0.25) is 0 Å². The molecule has 8 aromatic carbocycles. The van der Waals surface area contributed by atoms with Crippen LogP contribution in [0.15, 0.2) is 182 Å². The highest BCUT2D eigenvalue weighted by molar-refractivity contribution is 6.21. The minimum atomic E-state index is 1.13. The van der Waals surface area contributed by atoms with Crippen molar-refractivity contribution in [3.63, 3.8) is 0 Å². The van der Waals surface area contributed by atoms with Crippen LogP contribution < -0.4 is 0 Å². The Labute approximate surface area is 284 Å². The van der Waals surface area contributed by atoms with Gasteiger partial charge in [-0.1, -0.05) is 133 Å². The van der Waals surface area contributed by atoms with Crippen molar-refractivity contribution in [3.05, 3.63) is 182 Å². The van der Waals surface area contributed by atoms with E-state index in [0.717, 1.165) is 16.6 Å². The van der Waals surface area contributed by atoms with Crippen LogP contribution in [0.1, 0.15) is 0 Å². The molecular weight excluding hydrogens is 593 g/mol. The average Bonchev–Trinajstić information content (AvgIpc) is 3.51. The number of rotatable bonds is 4. The van der Waals surface area contributed by atoms with E-state index in [4.69, 9.17) is 0 Å². The molecule has 0 saturated heterocycles. The van der Waals surface area contributed by atoms with Crippen molar-refractivity contribution in [1.29, 1.82) is 0 Å². The average molecular weight is 623 g/mol. The fraction of sp³-hybridized carbons (Fsp3) is 0. The molecule has 0 radical (unpaired) electrons. The first-order valence-electron chi connectivity index (χ1n) is 16.8. The van der Waals surface area contributed by atoms with Gasteiger partial charge >= 0.3 is 0 Å². The lowest BCUT2D eigenvalue weighted by atomic mass is 9.85. The van der Waals surface area contributed by atoms with Crippen molar-refractivity contribution in [2.24, 2.45) is 0 Å². The first-order chi connectivity index (χ1) is 24.3. The van der Waals surface area contributed by atoms with Crippen molar-refractivity contribution < 1.29 is 0 Å². The summed E-state index contributed by atoms with van der Waals surface area (Å²) in [5.74, 6) is 0. The normalized spacial score (nSPS) is 11.7. The predicted molar refractivity (Wildman–Crippen MR) is 207 cm³/mol. The van der Waals surface area contributed by atoms with Gasteiger partial charge in [-0.25, -0.2) is 0 Å². The molecule has 2 nitrogen and oxygen atoms in total. The summed E-state index contributed by atoms with van der Waals surface area (Å²) in [5, 5.41) is 9.91. The molecule has 0 N–H and O–H groups in total. The summed E-state index contributed by atoms with van der Waals surface area (Å²) in [7, 11) is 0. The largest absolute Gasteiger partial charge is 0.309 e. The van der Waals surface area contributed by atoms with Gasteiger partial charge in [0.25, 0.3) is 0 Å². The molecule has 0 saturated carbocycles. The van der Waals surface area contributed by atoms with E-state index in [1.54, 1.807) is 0 Å². The van der Waals surface area contributed by atoms with Crippen LogP contribution in [0.2, 0.25) is 0 Å². The first kappa shape index (κ1) is 27.6. The van der Waals surface area contributed by atoms with Gasteiger partial charge in [-0.15, -0.1) is 0 Å². The van der Waals surface area contributed by atoms with Gasteiger partial charge in [-0.2, -0.15) is 0 Å². The zero-order valence-corrected chi connectivity index (χ0v) is 26.7. The Morgan fingerprint density at radius 3 is 1.63 bits per heavy atom. The van der Waals surface area contributed by atoms with Gasteiger partial charge in [0.1, 0.15) is 0 Å². The van der Waals surface area contributed by atoms with Crippen molar-refractivity contribution in [3.8, 4) is 39.1 Å². The van der Waals surface area contributed by atoms with E-state index in [1.165, 1.54) is 76.6 Å². The Morgan fingerprint density at radius 1 is 0.347 bits per heavy atom. The van der Waals surface area contributed by atoms with E-state index >= 15 is 0 Å². The smallest absolute Gasteiger partial charge is 0.0571 e. The zero-order valence-electron chi connectivity index (χ0n) is 26.7. The van der Waals surface area contributed by atoms with Gasteiger partial charge in [0.05, 0.1) is 11.0 Å². The second kappa shape index (κ2) is 11.0. The third kappa shape index (κ3) is 4.38. The van der Waals surface area contributed by atoms with E-state index in [0.29, 0.717) is 0 Å². The SMILES string of the molecule is c1ccc(-c2ccc3c(c2)c2cnccc2n3-c2ccc(-c3c4ccccc4c(-c4ccc5ccccc5c4)c4ccccc34)cc2)cc1. The molecule has 0 aliphatic heterocycles. The molecule has 0 aliphatic rings. The van der Waals surface area contributed by atoms with E-state index in [1.807, 2.05) is 12.4 Å². The standard InChI is InChI=1S/C47H30N2/c1-2-10-31(11-3-1)35-22-25-44-42(29-35)43-30-48-27-26-45(43)49(44)37-23-20-33(21-24-37)46-38-14-6-8-16-40(38)47(41-17-9-7-15-39(41)46)36-19-18-32-12-4-5-13-34(32)28-36/h1-30H. The lowest BCUT2D eigenvalue weighted by Gasteiger charge is -2.18. The van der Waals surface area contributed by atoms with Gasteiger partial charge < -0.3 is 4.57 Å². The molecule has 0 amide bonds. The molecule has 0 spiro atoms. The maximum absolute atomic E-state index is 4.51. The predicted octanol–water partition coefficient (Wildman–Crippen LogP) is 12.6. The number of nitrogens with zero attached hydrogens (tertiary/aromatic N) is 2. The first-order valence-corrected chi connectivity index (χ1v) is 16.8. The molecule has 2 aromatic heterocycles. The molecule has 0 fully saturated rings. The fourth-order valence-electron chi connectivity index (χ4n) is 7.83. The minimum Gasteiger partial charge on any atom is -0.309 e. The van der Waals surface area contributed by atoms with Gasteiger partial charge in [0.15, 0.2) is 0 Å². The highest BCUT2D eigenvalue weighted by Crippen LogP contribution is 2.44. The van der Waals surface area contributed by atoms with Crippen LogP contribution in [0.4, 0.5) is 0 Å². The molecule has 49 heavy (non-hydrogen) atoms. The maximum Gasteiger partial charge on any atom is 0.0571 e. The Balaban J connectivity index is 1.16. The van der Waals surface area contributed by atoms with Crippen LogP contribution in [-0.4, -0.2) is 9.55 Å². The molecule has 2 heterocycles. The lowest BCUT2D eigenvalue weighted by molar-refractivity contribution is 1.17. The zero-order chi connectivity index (χ0) is 32.3. The number of fused-ring (bicyclic) bond motifs is 6. The van der Waals surface area contributed by atoms with Crippen LogP contribution >= 0.6 is 0 Å². The van der Waals surface area contributed by atoms with Gasteiger partial charge in [-0.3, -0.25) is 4.98 Å². The second-order valence-electron chi connectivity index (χ2n) is 12.8. The van der Waals surface area contributed by atoms with E-state index < -0.39 is 0 Å². The van der Waals surface area contributed by atoms with Crippen molar-refractivity contribution >= 4 is 54.1 Å². The van der Waals surface area contributed by atoms with E-state index in [2.05, 4.69) is 179 Å². The molecule has 0 atom stereocenters. The summed E-state index contributed by atoms with van der Waals surface area (Å²) < 4.78 is 2.37. The molecule has 0 unspecified atom stereocenters. The van der Waals surface area contributed by atoms with Crippen LogP contribution in [0, 0.1) is 0 Å². The third-order valence-electron chi connectivity index (χ3n) is 10.1. The number of hydrogen-bond donors (Lipinski definition) is 0. The molecular formula is C47H30N2. The third-order valence-corrected chi connectivity index (χ3v) is 10.1. The highest BCUT2D eigenvalue weighted by Gasteiger charge is 2.18. The quantitative estimate of drug-likeness (QED) is 0.179. The van der Waals surface area contributed by atoms with E-state index in [9.17, 15) is 0 Å². The molecule has 228 valence electrons. The van der Waals surface area contributed by atoms with E-state index in [-0.39, 0.29) is 0 Å². The summed E-state index contributed by atoms with van der Waals surface area (Å²) in [6, 6.07) is 61.8. The Bertz CT molecular complexity index is 2800. The van der Waals surface area contributed by atoms with Crippen LogP contribution in [0.25, 0.3) is 93.2 Å². The Morgan fingerprint density at radius 2 is 0.918 bits per heavy atom. The van der Waals surface area contributed by atoms with Gasteiger partial charge in [-0.05, 0) is 102 Å². The molecule has 10 rings (SSSR count). The molecule has 2 heteroatoms. The lowest BCUT2D eigenvalue weighted by Crippen LogP contribution is -1.95. The monoisotopic (exact) mass is 622 g/mol. The maximum atomic E-state index is 4.51. The summed E-state index contributed by atoms with van der Waals surface area (Å²) in [6.45, 7) is 0. The van der Waals surface area contributed by atoms with Crippen molar-refractivity contribution in [2.45, 2.75) is 0 Å². The van der Waals surface area contributed by atoms with Crippen molar-refractivity contribution in [1.82, 2.24) is 9.55 Å². The summed E-state index contributed by atoms with van der Waals surface area (Å²) in [4.78, 5) is 4.51. The molecule has 0 aliphatic carbocycles. The summed E-state index contributed by atoms with van der Waals surface area (Å²) >= 11 is 0. The Hall–Kier alpha value is -6.51. The summed E-state index contributed by atoms with van der Waals surface area (Å²) in [5.41, 5.74) is 10.9. The van der Waals surface area contributed by atoms with Gasteiger partial charge in [0, 0.05) is 28.9 Å². The van der Waals surface area contributed by atoms with Crippen LogP contribution in [0.5, 0.6) is 0 Å². The highest BCUT2D eigenvalue weighted by atomic mass is 15.0. The number of pyridine rings is 1. The molecule has 0 bridgehead atoms.